The number of benzene rings is 1. The molecule has 0 saturated carbocycles. The van der Waals surface area contributed by atoms with Crippen LogP contribution < -0.4 is 15.4 Å². The number of carbonyl (C=O) groups excluding carboxylic acids is 2. The summed E-state index contributed by atoms with van der Waals surface area (Å²) in [7, 11) is -2.27. The molecular weight excluding hydrogens is 424 g/mol. The molecular formula is C20H30N4O6S. The normalized spacial score (nSPS) is 15.8. The van der Waals surface area contributed by atoms with Crippen LogP contribution in [0.5, 0.6) is 0 Å². The molecule has 0 bridgehead atoms. The second kappa shape index (κ2) is 11.8. The van der Waals surface area contributed by atoms with Gasteiger partial charge in [0.1, 0.15) is 6.04 Å². The van der Waals surface area contributed by atoms with E-state index in [1.807, 2.05) is 0 Å². The molecule has 11 heteroatoms. The fraction of sp³-hybridized carbons (Fsp3) is 0.550. The van der Waals surface area contributed by atoms with Crippen molar-refractivity contribution >= 4 is 27.8 Å². The summed E-state index contributed by atoms with van der Waals surface area (Å²) in [5.41, 5.74) is 0. The average molecular weight is 455 g/mol. The number of hydrogen-bond donors (Lipinski definition) is 4. The molecule has 0 unspecified atom stereocenters. The zero-order valence-electron chi connectivity index (χ0n) is 17.5. The van der Waals surface area contributed by atoms with Crippen molar-refractivity contribution in [3.63, 3.8) is 0 Å². The number of rotatable bonds is 11. The van der Waals surface area contributed by atoms with E-state index in [9.17, 15) is 27.9 Å². The lowest BCUT2D eigenvalue weighted by molar-refractivity contribution is -0.139. The Morgan fingerprint density at radius 2 is 1.81 bits per heavy atom. The van der Waals surface area contributed by atoms with Gasteiger partial charge in [0.2, 0.25) is 21.8 Å². The van der Waals surface area contributed by atoms with Gasteiger partial charge < -0.3 is 20.6 Å². The summed E-state index contributed by atoms with van der Waals surface area (Å²) in [4.78, 5) is 37.4. The van der Waals surface area contributed by atoms with Crippen LogP contribution >= 0.6 is 0 Å². The van der Waals surface area contributed by atoms with E-state index in [0.717, 1.165) is 25.9 Å². The van der Waals surface area contributed by atoms with Gasteiger partial charge in [0, 0.05) is 32.5 Å². The summed E-state index contributed by atoms with van der Waals surface area (Å²) < 4.78 is 26.7. The van der Waals surface area contributed by atoms with Crippen molar-refractivity contribution in [1.29, 1.82) is 0 Å². The molecule has 1 aliphatic heterocycles. The standard InChI is InChI=1S/C20H30N4O6S/c1-24(15-10-12-21-13-11-15)19(26)9-5-8-18(25)22-14-17(20(27)28)23-31(29,30)16-6-3-2-4-7-16/h2-4,6-7,15,17,21,23H,5,8-14H2,1H3,(H,22,25)(H,27,28)/t17-/m0/s1. The molecule has 4 N–H and O–H groups in total. The Balaban J connectivity index is 1.76. The number of nitrogens with zero attached hydrogens (tertiary/aromatic N) is 1. The van der Waals surface area contributed by atoms with Crippen LogP contribution in [0.25, 0.3) is 0 Å². The van der Waals surface area contributed by atoms with E-state index in [2.05, 4.69) is 15.4 Å². The van der Waals surface area contributed by atoms with Crippen molar-refractivity contribution in [3.05, 3.63) is 30.3 Å². The van der Waals surface area contributed by atoms with Gasteiger partial charge in [-0.15, -0.1) is 0 Å². The summed E-state index contributed by atoms with van der Waals surface area (Å²) in [6, 6.07) is 6.07. The molecule has 1 aliphatic rings. The smallest absolute Gasteiger partial charge is 0.323 e. The molecule has 0 radical (unpaired) electrons. The highest BCUT2D eigenvalue weighted by Gasteiger charge is 2.26. The minimum absolute atomic E-state index is 0.0290. The van der Waals surface area contributed by atoms with Gasteiger partial charge in [0.15, 0.2) is 0 Å². The number of carbonyl (C=O) groups is 3. The summed E-state index contributed by atoms with van der Waals surface area (Å²) >= 11 is 0. The van der Waals surface area contributed by atoms with Gasteiger partial charge >= 0.3 is 5.97 Å². The van der Waals surface area contributed by atoms with Gasteiger partial charge in [-0.3, -0.25) is 14.4 Å². The zero-order valence-corrected chi connectivity index (χ0v) is 18.4. The van der Waals surface area contributed by atoms with E-state index in [1.165, 1.54) is 24.3 Å². The molecule has 31 heavy (non-hydrogen) atoms. The molecule has 1 atom stereocenters. The van der Waals surface area contributed by atoms with Crippen molar-refractivity contribution in [2.75, 3.05) is 26.7 Å². The van der Waals surface area contributed by atoms with Crippen LogP contribution in [-0.2, 0) is 24.4 Å². The molecule has 1 aromatic carbocycles. The van der Waals surface area contributed by atoms with Gasteiger partial charge in [-0.25, -0.2) is 8.42 Å². The van der Waals surface area contributed by atoms with Crippen molar-refractivity contribution in [1.82, 2.24) is 20.3 Å². The van der Waals surface area contributed by atoms with Crippen LogP contribution in [0, 0.1) is 0 Å². The molecule has 0 aromatic heterocycles. The van der Waals surface area contributed by atoms with Crippen LogP contribution in [0.2, 0.25) is 0 Å². The topological polar surface area (TPSA) is 145 Å². The number of piperidine rings is 1. The molecule has 1 heterocycles. The molecule has 2 amide bonds. The molecule has 1 fully saturated rings. The Morgan fingerprint density at radius 1 is 1.16 bits per heavy atom. The minimum atomic E-state index is -4.04. The van der Waals surface area contributed by atoms with Crippen molar-refractivity contribution < 1.29 is 27.9 Å². The van der Waals surface area contributed by atoms with Gasteiger partial charge in [-0.1, -0.05) is 18.2 Å². The van der Waals surface area contributed by atoms with Crippen molar-refractivity contribution in [3.8, 4) is 0 Å². The second-order valence-corrected chi connectivity index (χ2v) is 9.18. The van der Waals surface area contributed by atoms with E-state index in [1.54, 1.807) is 18.0 Å². The van der Waals surface area contributed by atoms with Crippen LogP contribution in [0.4, 0.5) is 0 Å². The zero-order chi connectivity index (χ0) is 22.9. The fourth-order valence-electron chi connectivity index (χ4n) is 3.31. The lowest BCUT2D eigenvalue weighted by atomic mass is 10.0. The first-order valence-electron chi connectivity index (χ1n) is 10.2. The Hall–Kier alpha value is -2.50. The third-order valence-electron chi connectivity index (χ3n) is 5.20. The number of carboxylic acids is 1. The maximum Gasteiger partial charge on any atom is 0.323 e. The number of carboxylic acid groups (broad SMARTS) is 1. The van der Waals surface area contributed by atoms with Gasteiger partial charge in [-0.2, -0.15) is 4.72 Å². The fourth-order valence-corrected chi connectivity index (χ4v) is 4.52. The molecule has 1 aromatic rings. The summed E-state index contributed by atoms with van der Waals surface area (Å²) in [6.45, 7) is 1.36. The SMILES string of the molecule is CN(C(=O)CCCC(=O)NC[C@H](NS(=O)(=O)c1ccccc1)C(=O)O)C1CCNCC1. The van der Waals surface area contributed by atoms with Gasteiger partial charge in [0.05, 0.1) is 4.90 Å². The van der Waals surface area contributed by atoms with Gasteiger partial charge in [0.25, 0.3) is 0 Å². The molecule has 0 spiro atoms. The monoisotopic (exact) mass is 454 g/mol. The number of amides is 2. The Bertz CT molecular complexity index is 856. The number of nitrogens with one attached hydrogen (secondary N) is 3. The van der Waals surface area contributed by atoms with Crippen LogP contribution in [0.1, 0.15) is 32.1 Å². The van der Waals surface area contributed by atoms with Crippen molar-refractivity contribution in [2.24, 2.45) is 0 Å². The highest BCUT2D eigenvalue weighted by Crippen LogP contribution is 2.12. The molecule has 10 nitrogen and oxygen atoms in total. The first-order chi connectivity index (χ1) is 14.7. The Labute approximate surface area is 182 Å². The second-order valence-electron chi connectivity index (χ2n) is 7.47. The highest BCUT2D eigenvalue weighted by atomic mass is 32.2. The number of aliphatic carboxylic acids is 1. The predicted octanol–water partition coefficient (Wildman–Crippen LogP) is -0.0850. The summed E-state index contributed by atoms with van der Waals surface area (Å²) in [5, 5.41) is 15.0. The van der Waals surface area contributed by atoms with E-state index in [-0.39, 0.29) is 29.7 Å². The summed E-state index contributed by atoms with van der Waals surface area (Å²) in [6.07, 6.45) is 2.39. The molecule has 172 valence electrons. The van der Waals surface area contributed by atoms with Crippen LogP contribution in [0.15, 0.2) is 35.2 Å². The predicted molar refractivity (Wildman–Crippen MR) is 114 cm³/mol. The largest absolute Gasteiger partial charge is 0.480 e. The molecule has 0 aliphatic carbocycles. The third-order valence-corrected chi connectivity index (χ3v) is 6.68. The van der Waals surface area contributed by atoms with E-state index in [0.29, 0.717) is 6.42 Å². The molecule has 1 saturated heterocycles. The van der Waals surface area contributed by atoms with E-state index in [4.69, 9.17) is 0 Å². The maximum absolute atomic E-state index is 12.3. The highest BCUT2D eigenvalue weighted by molar-refractivity contribution is 7.89. The van der Waals surface area contributed by atoms with E-state index < -0.39 is 34.5 Å². The average Bonchev–Trinajstić information content (AvgIpc) is 2.77. The first kappa shape index (κ1) is 24.8. The minimum Gasteiger partial charge on any atom is -0.480 e. The first-order valence-corrected chi connectivity index (χ1v) is 11.7. The number of hydrogen-bond acceptors (Lipinski definition) is 6. The van der Waals surface area contributed by atoms with E-state index >= 15 is 0 Å². The lowest BCUT2D eigenvalue weighted by Crippen LogP contribution is -2.48. The quantitative estimate of drug-likeness (QED) is 0.366. The Morgan fingerprint density at radius 3 is 2.42 bits per heavy atom. The number of sulfonamides is 1. The van der Waals surface area contributed by atoms with Crippen LogP contribution in [0.3, 0.4) is 0 Å². The summed E-state index contributed by atoms with van der Waals surface area (Å²) in [5.74, 6) is -1.88. The van der Waals surface area contributed by atoms with Crippen molar-refractivity contribution in [2.45, 2.75) is 49.1 Å². The molecule has 2 rings (SSSR count). The third kappa shape index (κ3) is 7.93. The maximum atomic E-state index is 12.3. The van der Waals surface area contributed by atoms with Gasteiger partial charge in [-0.05, 0) is 44.5 Å². The lowest BCUT2D eigenvalue weighted by Gasteiger charge is -2.31. The van der Waals surface area contributed by atoms with Crippen LogP contribution in [-0.4, -0.2) is 75.0 Å². The Kier molecular flexibility index (Phi) is 9.41.